The monoisotopic (exact) mass is 289 g/mol. The number of nitrogens with two attached hydrogens (primary N) is 1. The van der Waals surface area contributed by atoms with Crippen molar-refractivity contribution >= 4 is 24.2 Å². The molecule has 1 aromatic carbocycles. The fourth-order valence-corrected chi connectivity index (χ4v) is 2.69. The van der Waals surface area contributed by atoms with Crippen molar-refractivity contribution in [1.82, 2.24) is 10.5 Å². The Hall–Kier alpha value is -1.69. The predicted molar refractivity (Wildman–Crippen MR) is 86.5 cm³/mol. The lowest BCUT2D eigenvalue weighted by atomic mass is 9.73. The standard InChI is InChI=1S/C15H24BN3O2/c1-11-8-9-12(10-14(11)17)16(21-2)19-15(20)18-13-6-4-3-5-7-13/h8-10,13H,3-7,17H2,1-2H3,(H2,18,19,20). The number of nitrogens with one attached hydrogen (secondary N) is 2. The lowest BCUT2D eigenvalue weighted by Crippen LogP contribution is -2.55. The van der Waals surface area contributed by atoms with Crippen LogP contribution in [-0.2, 0) is 4.65 Å². The van der Waals surface area contributed by atoms with Crippen LogP contribution in [0.2, 0.25) is 0 Å². The summed E-state index contributed by atoms with van der Waals surface area (Å²) >= 11 is 0. The molecule has 0 saturated heterocycles. The molecule has 0 unspecified atom stereocenters. The smallest absolute Gasteiger partial charge is 0.416 e. The van der Waals surface area contributed by atoms with Gasteiger partial charge in [0.2, 0.25) is 0 Å². The van der Waals surface area contributed by atoms with Gasteiger partial charge < -0.3 is 20.9 Å². The lowest BCUT2D eigenvalue weighted by Gasteiger charge is -2.24. The van der Waals surface area contributed by atoms with Crippen molar-refractivity contribution in [3.63, 3.8) is 0 Å². The van der Waals surface area contributed by atoms with Gasteiger partial charge in [-0.05, 0) is 36.9 Å². The summed E-state index contributed by atoms with van der Waals surface area (Å²) in [5.74, 6) is 0. The molecule has 21 heavy (non-hydrogen) atoms. The SMILES string of the molecule is COB(NC(=O)NC1CCCCC1)c1ccc(C)c(N)c1. The molecule has 1 fully saturated rings. The number of benzene rings is 1. The third-order valence-corrected chi connectivity index (χ3v) is 4.04. The Balaban J connectivity index is 1.94. The van der Waals surface area contributed by atoms with E-state index in [1.807, 2.05) is 25.1 Å². The van der Waals surface area contributed by atoms with E-state index >= 15 is 0 Å². The van der Waals surface area contributed by atoms with Gasteiger partial charge in [-0.3, -0.25) is 4.79 Å². The normalized spacial score (nSPS) is 15.5. The van der Waals surface area contributed by atoms with Crippen LogP contribution < -0.4 is 21.7 Å². The summed E-state index contributed by atoms with van der Waals surface area (Å²) in [6, 6.07) is 5.77. The van der Waals surface area contributed by atoms with Gasteiger partial charge in [0, 0.05) is 18.8 Å². The molecule has 0 atom stereocenters. The van der Waals surface area contributed by atoms with Crippen LogP contribution in [0.25, 0.3) is 0 Å². The highest BCUT2D eigenvalue weighted by Gasteiger charge is 2.23. The molecule has 2 rings (SSSR count). The van der Waals surface area contributed by atoms with Crippen LogP contribution in [0.3, 0.4) is 0 Å². The fraction of sp³-hybridized carbons (Fsp3) is 0.533. The molecule has 6 heteroatoms. The maximum Gasteiger partial charge on any atom is 0.452 e. The molecule has 5 nitrogen and oxygen atoms in total. The molecule has 4 N–H and O–H groups in total. The Morgan fingerprint density at radius 1 is 1.33 bits per heavy atom. The number of aryl methyl sites for hydroxylation is 1. The van der Waals surface area contributed by atoms with Crippen LogP contribution in [0.4, 0.5) is 10.5 Å². The number of hydrogen-bond acceptors (Lipinski definition) is 3. The minimum Gasteiger partial charge on any atom is -0.416 e. The van der Waals surface area contributed by atoms with Crippen LogP contribution in [-0.4, -0.2) is 26.2 Å². The van der Waals surface area contributed by atoms with Gasteiger partial charge in [-0.25, -0.2) is 0 Å². The average Bonchev–Trinajstić information content (AvgIpc) is 2.49. The maximum absolute atomic E-state index is 12.1. The van der Waals surface area contributed by atoms with Gasteiger partial charge in [0.1, 0.15) is 0 Å². The molecule has 0 heterocycles. The van der Waals surface area contributed by atoms with Gasteiger partial charge >= 0.3 is 13.1 Å². The van der Waals surface area contributed by atoms with Crippen molar-refractivity contribution < 1.29 is 9.45 Å². The number of hydrogen-bond donors (Lipinski definition) is 3. The second-order valence-electron chi connectivity index (χ2n) is 5.68. The minimum absolute atomic E-state index is 0.187. The third kappa shape index (κ3) is 4.39. The molecule has 0 aliphatic heterocycles. The van der Waals surface area contributed by atoms with Gasteiger partial charge in [-0.15, -0.1) is 0 Å². The number of carbonyl (C=O) groups excluding carboxylic acids is 1. The van der Waals surface area contributed by atoms with E-state index in [4.69, 9.17) is 10.4 Å². The van der Waals surface area contributed by atoms with Crippen molar-refractivity contribution in [3.05, 3.63) is 23.8 Å². The van der Waals surface area contributed by atoms with E-state index < -0.39 is 7.05 Å². The second-order valence-corrected chi connectivity index (χ2v) is 5.68. The van der Waals surface area contributed by atoms with Crippen LogP contribution in [0.5, 0.6) is 0 Å². The number of amides is 2. The van der Waals surface area contributed by atoms with Crippen LogP contribution in [0, 0.1) is 6.92 Å². The summed E-state index contributed by atoms with van der Waals surface area (Å²) in [7, 11) is 1.08. The summed E-state index contributed by atoms with van der Waals surface area (Å²) < 4.78 is 5.36. The van der Waals surface area contributed by atoms with Gasteiger partial charge in [-0.2, -0.15) is 0 Å². The Labute approximate surface area is 126 Å². The van der Waals surface area contributed by atoms with E-state index in [0.717, 1.165) is 23.9 Å². The summed E-state index contributed by atoms with van der Waals surface area (Å²) in [6.07, 6.45) is 5.76. The number of anilines is 1. The number of urea groups is 1. The number of carbonyl (C=O) groups is 1. The van der Waals surface area contributed by atoms with E-state index in [-0.39, 0.29) is 12.1 Å². The van der Waals surface area contributed by atoms with Crippen molar-refractivity contribution in [3.8, 4) is 0 Å². The largest absolute Gasteiger partial charge is 0.452 e. The summed E-state index contributed by atoms with van der Waals surface area (Å²) in [5, 5.41) is 5.87. The zero-order valence-corrected chi connectivity index (χ0v) is 12.8. The first-order valence-corrected chi connectivity index (χ1v) is 7.56. The Kier molecular flexibility index (Phi) is 5.50. The zero-order chi connectivity index (χ0) is 15.2. The van der Waals surface area contributed by atoms with Crippen molar-refractivity contribution in [2.75, 3.05) is 12.8 Å². The second kappa shape index (κ2) is 7.36. The summed E-state index contributed by atoms with van der Waals surface area (Å²) in [6.45, 7) is 1.95. The molecule has 0 aromatic heterocycles. The quantitative estimate of drug-likeness (QED) is 0.581. The molecule has 1 aliphatic carbocycles. The Bertz CT molecular complexity index is 490. The molecule has 1 aliphatic rings. The molecular weight excluding hydrogens is 265 g/mol. The molecule has 114 valence electrons. The summed E-state index contributed by atoms with van der Waals surface area (Å²) in [4.78, 5) is 12.1. The van der Waals surface area contributed by atoms with E-state index in [2.05, 4.69) is 10.5 Å². The Morgan fingerprint density at radius 2 is 2.05 bits per heavy atom. The van der Waals surface area contributed by atoms with Gasteiger partial charge in [-0.1, -0.05) is 31.4 Å². The van der Waals surface area contributed by atoms with Crippen LogP contribution >= 0.6 is 0 Å². The first-order valence-electron chi connectivity index (χ1n) is 7.56. The predicted octanol–water partition coefficient (Wildman–Crippen LogP) is 1.55. The zero-order valence-electron chi connectivity index (χ0n) is 12.8. The first-order chi connectivity index (χ1) is 10.1. The molecule has 0 bridgehead atoms. The number of nitrogen functional groups attached to an aromatic ring is 1. The number of rotatable bonds is 4. The highest BCUT2D eigenvalue weighted by molar-refractivity contribution is 6.67. The van der Waals surface area contributed by atoms with Crippen LogP contribution in [0.15, 0.2) is 18.2 Å². The average molecular weight is 289 g/mol. The van der Waals surface area contributed by atoms with Gasteiger partial charge in [0.15, 0.2) is 0 Å². The molecule has 2 amide bonds. The van der Waals surface area contributed by atoms with Crippen molar-refractivity contribution in [2.24, 2.45) is 0 Å². The highest BCUT2D eigenvalue weighted by Crippen LogP contribution is 2.17. The molecule has 0 spiro atoms. The topological polar surface area (TPSA) is 76.4 Å². The molecule has 1 aromatic rings. The van der Waals surface area contributed by atoms with E-state index in [1.54, 1.807) is 7.11 Å². The van der Waals surface area contributed by atoms with Crippen molar-refractivity contribution in [2.45, 2.75) is 45.1 Å². The van der Waals surface area contributed by atoms with Gasteiger partial charge in [0.25, 0.3) is 0 Å². The summed E-state index contributed by atoms with van der Waals surface area (Å²) in [5.41, 5.74) is 8.47. The van der Waals surface area contributed by atoms with Crippen LogP contribution in [0.1, 0.15) is 37.7 Å². The maximum atomic E-state index is 12.1. The molecule has 1 saturated carbocycles. The Morgan fingerprint density at radius 3 is 2.67 bits per heavy atom. The highest BCUT2D eigenvalue weighted by atomic mass is 16.4. The third-order valence-electron chi connectivity index (χ3n) is 4.04. The molecule has 0 radical (unpaired) electrons. The van der Waals surface area contributed by atoms with E-state index in [1.165, 1.54) is 19.3 Å². The lowest BCUT2D eigenvalue weighted by molar-refractivity contribution is 0.236. The fourth-order valence-electron chi connectivity index (χ4n) is 2.69. The van der Waals surface area contributed by atoms with Crippen molar-refractivity contribution in [1.29, 1.82) is 0 Å². The molecular formula is C15H24BN3O2. The van der Waals surface area contributed by atoms with E-state index in [0.29, 0.717) is 5.69 Å². The minimum atomic E-state index is -0.489. The van der Waals surface area contributed by atoms with E-state index in [9.17, 15) is 4.79 Å². The van der Waals surface area contributed by atoms with Gasteiger partial charge in [0.05, 0.1) is 0 Å². The first kappa shape index (κ1) is 15.7.